The minimum absolute atomic E-state index is 0.128. The molecule has 0 saturated heterocycles. The fourth-order valence-electron chi connectivity index (χ4n) is 2.21. The maximum atomic E-state index is 5.88. The lowest BCUT2D eigenvalue weighted by Gasteiger charge is -2.27. The lowest BCUT2D eigenvalue weighted by Crippen LogP contribution is -2.29. The van der Waals surface area contributed by atoms with Crippen molar-refractivity contribution in [1.82, 2.24) is 0 Å². The van der Waals surface area contributed by atoms with E-state index in [-0.39, 0.29) is 6.04 Å². The quantitative estimate of drug-likeness (QED) is 0.843. The second-order valence-corrected chi connectivity index (χ2v) is 5.66. The number of hydrogen-bond acceptors (Lipinski definition) is 2. The molecule has 0 amide bonds. The molecule has 2 nitrogen and oxygen atoms in total. The van der Waals surface area contributed by atoms with Gasteiger partial charge in [0.1, 0.15) is 0 Å². The van der Waals surface area contributed by atoms with Crippen LogP contribution >= 0.6 is 0 Å². The first-order chi connectivity index (χ1) is 8.08. The van der Waals surface area contributed by atoms with Gasteiger partial charge in [0.2, 0.25) is 0 Å². The average molecular weight is 232 g/mol. The van der Waals surface area contributed by atoms with Gasteiger partial charge < -0.3 is 10.6 Å². The molecule has 0 spiro atoms. The average Bonchev–Trinajstić information content (AvgIpc) is 3.09. The number of benzene rings is 1. The summed E-state index contributed by atoms with van der Waals surface area (Å²) in [6.07, 6.45) is 2.70. The van der Waals surface area contributed by atoms with E-state index in [4.69, 9.17) is 5.73 Å². The van der Waals surface area contributed by atoms with E-state index < -0.39 is 0 Å². The summed E-state index contributed by atoms with van der Waals surface area (Å²) in [4.78, 5) is 2.55. The van der Waals surface area contributed by atoms with Gasteiger partial charge in [0.15, 0.2) is 0 Å². The molecule has 2 rings (SSSR count). The Bertz CT molecular complexity index is 350. The van der Waals surface area contributed by atoms with Crippen LogP contribution in [0.5, 0.6) is 0 Å². The number of nitrogens with two attached hydrogens (primary N) is 1. The van der Waals surface area contributed by atoms with E-state index >= 15 is 0 Å². The van der Waals surface area contributed by atoms with Gasteiger partial charge in [-0.05, 0) is 43.4 Å². The zero-order valence-electron chi connectivity index (χ0n) is 11.2. The topological polar surface area (TPSA) is 29.3 Å². The van der Waals surface area contributed by atoms with E-state index in [1.807, 2.05) is 6.92 Å². The summed E-state index contributed by atoms with van der Waals surface area (Å²) in [5.74, 6) is 0.712. The zero-order chi connectivity index (χ0) is 12.4. The maximum absolute atomic E-state index is 5.88. The van der Waals surface area contributed by atoms with Gasteiger partial charge in [-0.2, -0.15) is 0 Å². The van der Waals surface area contributed by atoms with Gasteiger partial charge in [-0.15, -0.1) is 0 Å². The van der Waals surface area contributed by atoms with E-state index in [0.29, 0.717) is 5.92 Å². The van der Waals surface area contributed by atoms with Crippen LogP contribution < -0.4 is 10.6 Å². The summed E-state index contributed by atoms with van der Waals surface area (Å²) >= 11 is 0. The van der Waals surface area contributed by atoms with Crippen LogP contribution in [0.15, 0.2) is 24.3 Å². The second kappa shape index (κ2) is 5.09. The van der Waals surface area contributed by atoms with Crippen molar-refractivity contribution in [2.24, 2.45) is 11.7 Å². The summed E-state index contributed by atoms with van der Waals surface area (Å²) in [6.45, 7) is 7.75. The molecule has 1 fully saturated rings. The number of hydrogen-bond donors (Lipinski definition) is 1. The van der Waals surface area contributed by atoms with Gasteiger partial charge >= 0.3 is 0 Å². The molecule has 2 heteroatoms. The van der Waals surface area contributed by atoms with E-state index in [2.05, 4.69) is 43.0 Å². The second-order valence-electron chi connectivity index (χ2n) is 5.66. The first kappa shape index (κ1) is 12.4. The molecule has 1 aliphatic carbocycles. The van der Waals surface area contributed by atoms with E-state index in [1.54, 1.807) is 0 Å². The fourth-order valence-corrected chi connectivity index (χ4v) is 2.21. The third kappa shape index (κ3) is 3.22. The molecule has 2 N–H and O–H groups in total. The molecule has 1 aliphatic rings. The SMILES string of the molecule is CC(C)CN(c1ccc([C@@H](C)N)cc1)C1CC1. The number of rotatable bonds is 5. The Hall–Kier alpha value is -1.02. The highest BCUT2D eigenvalue weighted by molar-refractivity contribution is 5.50. The first-order valence-corrected chi connectivity index (χ1v) is 6.70. The molecule has 0 bridgehead atoms. The molecule has 0 unspecified atom stereocenters. The smallest absolute Gasteiger partial charge is 0.0369 e. The van der Waals surface area contributed by atoms with Crippen molar-refractivity contribution in [3.63, 3.8) is 0 Å². The monoisotopic (exact) mass is 232 g/mol. The number of nitrogens with zero attached hydrogens (tertiary/aromatic N) is 1. The molecular weight excluding hydrogens is 208 g/mol. The summed E-state index contributed by atoms with van der Waals surface area (Å²) in [5, 5.41) is 0. The van der Waals surface area contributed by atoms with Gasteiger partial charge in [0.05, 0.1) is 0 Å². The highest BCUT2D eigenvalue weighted by Gasteiger charge is 2.29. The predicted octanol–water partition coefficient (Wildman–Crippen LogP) is 3.33. The van der Waals surface area contributed by atoms with Gasteiger partial charge in [-0.3, -0.25) is 0 Å². The van der Waals surface area contributed by atoms with Gasteiger partial charge in [-0.1, -0.05) is 26.0 Å². The molecular formula is C15H24N2. The van der Waals surface area contributed by atoms with Crippen LogP contribution in [0.4, 0.5) is 5.69 Å². The summed E-state index contributed by atoms with van der Waals surface area (Å²) in [7, 11) is 0. The molecule has 17 heavy (non-hydrogen) atoms. The zero-order valence-corrected chi connectivity index (χ0v) is 11.2. The highest BCUT2D eigenvalue weighted by Crippen LogP contribution is 2.32. The predicted molar refractivity (Wildman–Crippen MR) is 74.3 cm³/mol. The molecule has 0 radical (unpaired) electrons. The minimum Gasteiger partial charge on any atom is -0.368 e. The van der Waals surface area contributed by atoms with Crippen LogP contribution in [-0.2, 0) is 0 Å². The lowest BCUT2D eigenvalue weighted by atomic mass is 10.1. The van der Waals surface area contributed by atoms with E-state index in [0.717, 1.165) is 12.6 Å². The molecule has 0 heterocycles. The van der Waals surface area contributed by atoms with E-state index in [1.165, 1.54) is 24.1 Å². The van der Waals surface area contributed by atoms with Crippen LogP contribution in [0.3, 0.4) is 0 Å². The third-order valence-corrected chi connectivity index (χ3v) is 3.30. The van der Waals surface area contributed by atoms with Crippen LogP contribution in [-0.4, -0.2) is 12.6 Å². The van der Waals surface area contributed by atoms with Crippen molar-refractivity contribution in [2.45, 2.75) is 45.7 Å². The molecule has 1 aromatic rings. The van der Waals surface area contributed by atoms with Gasteiger partial charge in [0, 0.05) is 24.3 Å². The summed E-state index contributed by atoms with van der Waals surface area (Å²) in [5.41, 5.74) is 8.45. The van der Waals surface area contributed by atoms with Crippen LogP contribution in [0.2, 0.25) is 0 Å². The van der Waals surface area contributed by atoms with Crippen molar-refractivity contribution >= 4 is 5.69 Å². The maximum Gasteiger partial charge on any atom is 0.0369 e. The molecule has 0 aromatic heterocycles. The van der Waals surface area contributed by atoms with Crippen LogP contribution in [0.25, 0.3) is 0 Å². The summed E-state index contributed by atoms with van der Waals surface area (Å²) in [6, 6.07) is 9.67. The lowest BCUT2D eigenvalue weighted by molar-refractivity contribution is 0.607. The largest absolute Gasteiger partial charge is 0.368 e. The van der Waals surface area contributed by atoms with E-state index in [9.17, 15) is 0 Å². The first-order valence-electron chi connectivity index (χ1n) is 6.70. The Morgan fingerprint density at radius 1 is 1.18 bits per heavy atom. The van der Waals surface area contributed by atoms with Crippen molar-refractivity contribution in [2.75, 3.05) is 11.4 Å². The summed E-state index contributed by atoms with van der Waals surface area (Å²) < 4.78 is 0. The van der Waals surface area contributed by atoms with Crippen LogP contribution in [0.1, 0.15) is 45.2 Å². The molecule has 1 aromatic carbocycles. The Morgan fingerprint density at radius 2 is 1.76 bits per heavy atom. The van der Waals surface area contributed by atoms with Gasteiger partial charge in [-0.25, -0.2) is 0 Å². The Morgan fingerprint density at radius 3 is 2.18 bits per heavy atom. The van der Waals surface area contributed by atoms with Crippen molar-refractivity contribution in [1.29, 1.82) is 0 Å². The normalized spacial score (nSPS) is 17.2. The van der Waals surface area contributed by atoms with Crippen molar-refractivity contribution < 1.29 is 0 Å². The molecule has 0 aliphatic heterocycles. The Balaban J connectivity index is 2.12. The molecule has 1 saturated carbocycles. The van der Waals surface area contributed by atoms with Gasteiger partial charge in [0.25, 0.3) is 0 Å². The Labute approximate surface area is 105 Å². The van der Waals surface area contributed by atoms with Crippen molar-refractivity contribution in [3.05, 3.63) is 29.8 Å². The highest BCUT2D eigenvalue weighted by atomic mass is 15.2. The molecule has 1 atom stereocenters. The number of anilines is 1. The minimum atomic E-state index is 0.128. The third-order valence-electron chi connectivity index (χ3n) is 3.30. The fraction of sp³-hybridized carbons (Fsp3) is 0.600. The van der Waals surface area contributed by atoms with Crippen molar-refractivity contribution in [3.8, 4) is 0 Å². The van der Waals surface area contributed by atoms with Crippen LogP contribution in [0, 0.1) is 5.92 Å². The Kier molecular flexibility index (Phi) is 3.72. The standard InChI is InChI=1S/C15H24N2/c1-11(2)10-17(15-8-9-15)14-6-4-13(5-7-14)12(3)16/h4-7,11-12,15H,8-10,16H2,1-3H3/t12-/m1/s1. The molecule has 94 valence electrons.